The number of nitrogens with zero attached hydrogens (tertiary/aromatic N) is 1. The van der Waals surface area contributed by atoms with Crippen molar-refractivity contribution in [1.29, 1.82) is 0 Å². The van der Waals surface area contributed by atoms with Crippen molar-refractivity contribution in [3.05, 3.63) is 0 Å². The first-order chi connectivity index (χ1) is 9.02. The fourth-order valence-electron chi connectivity index (χ4n) is 2.19. The lowest BCUT2D eigenvalue weighted by Crippen LogP contribution is -2.51. The van der Waals surface area contributed by atoms with Gasteiger partial charge in [-0.1, -0.05) is 13.8 Å². The number of nitrogens with one attached hydrogen (secondary N) is 1. The van der Waals surface area contributed by atoms with Gasteiger partial charge in [0.05, 0.1) is 19.3 Å². The molecule has 2 atom stereocenters. The van der Waals surface area contributed by atoms with E-state index in [0.29, 0.717) is 12.5 Å². The average molecular weight is 273 g/mol. The number of amides is 1. The van der Waals surface area contributed by atoms with Gasteiger partial charge in [-0.3, -0.25) is 9.69 Å². The normalized spacial score (nSPS) is 22.5. The maximum Gasteiger partial charge on any atom is 0.239 e. The third-order valence-corrected chi connectivity index (χ3v) is 3.03. The van der Waals surface area contributed by atoms with E-state index < -0.39 is 6.04 Å². The number of nitrogens with two attached hydrogens (primary N) is 1. The summed E-state index contributed by atoms with van der Waals surface area (Å²) < 4.78 is 10.5. The fourth-order valence-corrected chi connectivity index (χ4v) is 2.19. The zero-order valence-corrected chi connectivity index (χ0v) is 12.2. The largest absolute Gasteiger partial charge is 0.383 e. The molecule has 0 aromatic rings. The molecule has 1 aliphatic heterocycles. The number of carbonyl (C=O) groups is 1. The minimum atomic E-state index is -0.611. The smallest absolute Gasteiger partial charge is 0.239 e. The second kappa shape index (κ2) is 8.47. The summed E-state index contributed by atoms with van der Waals surface area (Å²) in [7, 11) is 1.53. The summed E-state index contributed by atoms with van der Waals surface area (Å²) in [6.07, 6.45) is 0.0474. The number of hydrogen-bond donors (Lipinski definition) is 2. The van der Waals surface area contributed by atoms with Crippen LogP contribution >= 0.6 is 0 Å². The van der Waals surface area contributed by atoms with E-state index in [1.165, 1.54) is 7.11 Å². The molecule has 0 aromatic carbocycles. The molecule has 0 saturated carbocycles. The maximum absolute atomic E-state index is 11.6. The Hall–Kier alpha value is -0.690. The van der Waals surface area contributed by atoms with Gasteiger partial charge in [-0.05, 0) is 5.92 Å². The predicted octanol–water partition coefficient (Wildman–Crippen LogP) is -0.567. The lowest BCUT2D eigenvalue weighted by molar-refractivity contribution is -0.124. The molecule has 1 fully saturated rings. The monoisotopic (exact) mass is 273 g/mol. The number of ether oxygens (including phenoxy) is 2. The Morgan fingerprint density at radius 3 is 2.95 bits per heavy atom. The minimum Gasteiger partial charge on any atom is -0.383 e. The molecule has 3 N–H and O–H groups in total. The molecule has 6 nitrogen and oxygen atoms in total. The third-order valence-electron chi connectivity index (χ3n) is 3.03. The molecule has 1 heterocycles. The molecule has 0 bridgehead atoms. The van der Waals surface area contributed by atoms with Gasteiger partial charge in [0.2, 0.25) is 5.91 Å². The zero-order chi connectivity index (χ0) is 14.3. The third kappa shape index (κ3) is 6.33. The summed E-state index contributed by atoms with van der Waals surface area (Å²) in [5.74, 6) is 0.454. The van der Waals surface area contributed by atoms with Crippen LogP contribution in [-0.4, -0.2) is 69.5 Å². The standard InChI is InChI=1S/C13H27N3O3/c1-10(2)7-16-4-5-19-11(8-16)6-15-13(17)12(14)9-18-3/h10-12H,4-9,14H2,1-3H3,(H,15,17). The van der Waals surface area contributed by atoms with Gasteiger partial charge in [0.1, 0.15) is 6.04 Å². The van der Waals surface area contributed by atoms with Crippen molar-refractivity contribution in [2.75, 3.05) is 46.5 Å². The van der Waals surface area contributed by atoms with Crippen molar-refractivity contribution < 1.29 is 14.3 Å². The van der Waals surface area contributed by atoms with Gasteiger partial charge in [0.15, 0.2) is 0 Å². The van der Waals surface area contributed by atoms with Crippen molar-refractivity contribution in [2.45, 2.75) is 26.0 Å². The molecule has 19 heavy (non-hydrogen) atoms. The van der Waals surface area contributed by atoms with Crippen molar-refractivity contribution in [1.82, 2.24) is 10.2 Å². The van der Waals surface area contributed by atoms with E-state index >= 15 is 0 Å². The van der Waals surface area contributed by atoms with E-state index in [9.17, 15) is 4.79 Å². The number of methoxy groups -OCH3 is 1. The van der Waals surface area contributed by atoms with Crippen molar-refractivity contribution in [2.24, 2.45) is 11.7 Å². The molecule has 112 valence electrons. The van der Waals surface area contributed by atoms with Crippen molar-refractivity contribution >= 4 is 5.91 Å². The molecule has 0 radical (unpaired) electrons. The number of hydrogen-bond acceptors (Lipinski definition) is 5. The first-order valence-electron chi connectivity index (χ1n) is 6.89. The molecule has 0 spiro atoms. The molecule has 0 aromatic heterocycles. The van der Waals surface area contributed by atoms with E-state index in [4.69, 9.17) is 15.2 Å². The first kappa shape index (κ1) is 16.4. The van der Waals surface area contributed by atoms with Gasteiger partial charge in [-0.25, -0.2) is 0 Å². The van der Waals surface area contributed by atoms with Crippen LogP contribution in [0.4, 0.5) is 0 Å². The number of morpholine rings is 1. The first-order valence-corrected chi connectivity index (χ1v) is 6.89. The molecule has 1 rings (SSSR count). The Bertz CT molecular complexity index is 274. The molecule has 1 saturated heterocycles. The maximum atomic E-state index is 11.6. The van der Waals surface area contributed by atoms with Gasteiger partial charge in [0, 0.05) is 33.3 Å². The summed E-state index contributed by atoms with van der Waals surface area (Å²) in [4.78, 5) is 14.0. The van der Waals surface area contributed by atoms with Crippen LogP contribution in [-0.2, 0) is 14.3 Å². The van der Waals surface area contributed by atoms with Crippen molar-refractivity contribution in [3.63, 3.8) is 0 Å². The number of carbonyl (C=O) groups excluding carboxylic acids is 1. The summed E-state index contributed by atoms with van der Waals surface area (Å²) in [5.41, 5.74) is 5.65. The van der Waals surface area contributed by atoms with E-state index in [2.05, 4.69) is 24.1 Å². The highest BCUT2D eigenvalue weighted by molar-refractivity contribution is 5.81. The van der Waals surface area contributed by atoms with Crippen LogP contribution in [0.2, 0.25) is 0 Å². The van der Waals surface area contributed by atoms with E-state index in [-0.39, 0.29) is 18.6 Å². The van der Waals surface area contributed by atoms with Crippen LogP contribution in [0, 0.1) is 5.92 Å². The Labute approximate surface area is 115 Å². The van der Waals surface area contributed by atoms with E-state index in [1.54, 1.807) is 0 Å². The minimum absolute atomic E-state index is 0.0474. The van der Waals surface area contributed by atoms with E-state index in [1.807, 2.05) is 0 Å². The lowest BCUT2D eigenvalue weighted by atomic mass is 10.2. The molecule has 0 aliphatic carbocycles. The predicted molar refractivity (Wildman–Crippen MR) is 73.9 cm³/mol. The Balaban J connectivity index is 2.26. The van der Waals surface area contributed by atoms with Gasteiger partial charge in [-0.15, -0.1) is 0 Å². The van der Waals surface area contributed by atoms with Gasteiger partial charge in [0.25, 0.3) is 0 Å². The summed E-state index contributed by atoms with van der Waals surface area (Å²) in [5, 5.41) is 2.82. The summed E-state index contributed by atoms with van der Waals surface area (Å²) >= 11 is 0. The second-order valence-corrected chi connectivity index (χ2v) is 5.45. The highest BCUT2D eigenvalue weighted by Gasteiger charge is 2.22. The summed E-state index contributed by atoms with van der Waals surface area (Å²) in [6.45, 7) is 8.76. The molecule has 6 heteroatoms. The molecule has 1 amide bonds. The molecule has 1 aliphatic rings. The number of rotatable bonds is 7. The van der Waals surface area contributed by atoms with Crippen LogP contribution in [0.25, 0.3) is 0 Å². The highest BCUT2D eigenvalue weighted by Crippen LogP contribution is 2.07. The Morgan fingerprint density at radius 1 is 1.58 bits per heavy atom. The topological polar surface area (TPSA) is 76.8 Å². The molecule has 2 unspecified atom stereocenters. The van der Waals surface area contributed by atoms with E-state index in [0.717, 1.165) is 26.2 Å². The van der Waals surface area contributed by atoms with Crippen molar-refractivity contribution in [3.8, 4) is 0 Å². The average Bonchev–Trinajstić information content (AvgIpc) is 2.36. The van der Waals surface area contributed by atoms with Crippen LogP contribution in [0.5, 0.6) is 0 Å². The van der Waals surface area contributed by atoms with Gasteiger partial charge >= 0.3 is 0 Å². The van der Waals surface area contributed by atoms with Crippen LogP contribution in [0.15, 0.2) is 0 Å². The van der Waals surface area contributed by atoms with Crippen LogP contribution < -0.4 is 11.1 Å². The Kier molecular flexibility index (Phi) is 7.30. The van der Waals surface area contributed by atoms with Crippen LogP contribution in [0.3, 0.4) is 0 Å². The quantitative estimate of drug-likeness (QED) is 0.650. The lowest BCUT2D eigenvalue weighted by Gasteiger charge is -2.34. The Morgan fingerprint density at radius 2 is 2.32 bits per heavy atom. The zero-order valence-electron chi connectivity index (χ0n) is 12.2. The second-order valence-electron chi connectivity index (χ2n) is 5.45. The summed E-state index contributed by atoms with van der Waals surface area (Å²) in [6, 6.07) is -0.611. The van der Waals surface area contributed by atoms with Gasteiger partial charge < -0.3 is 20.5 Å². The molecular formula is C13H27N3O3. The fraction of sp³-hybridized carbons (Fsp3) is 0.923. The SMILES string of the molecule is COCC(N)C(=O)NCC1CN(CC(C)C)CCO1. The highest BCUT2D eigenvalue weighted by atomic mass is 16.5. The van der Waals surface area contributed by atoms with Crippen LogP contribution in [0.1, 0.15) is 13.8 Å². The molecular weight excluding hydrogens is 246 g/mol. The van der Waals surface area contributed by atoms with Gasteiger partial charge in [-0.2, -0.15) is 0 Å².